The number of aromatic nitrogens is 3. The molecule has 0 aliphatic heterocycles. The number of pyridine rings is 1. The van der Waals surface area contributed by atoms with E-state index in [1.165, 1.54) is 11.8 Å². The molecule has 18 heavy (non-hydrogen) atoms. The van der Waals surface area contributed by atoms with E-state index in [-0.39, 0.29) is 6.01 Å². The highest BCUT2D eigenvalue weighted by Gasteiger charge is 2.08. The molecule has 0 unspecified atom stereocenters. The van der Waals surface area contributed by atoms with E-state index in [0.29, 0.717) is 11.8 Å². The molecule has 0 radical (unpaired) electrons. The van der Waals surface area contributed by atoms with E-state index in [1.54, 1.807) is 25.4 Å². The molecule has 7 heteroatoms. The summed E-state index contributed by atoms with van der Waals surface area (Å²) in [7, 11) is 1.56. The lowest BCUT2D eigenvalue weighted by Gasteiger charge is -1.97. The molecule has 0 atom stereocenters. The number of rotatable bonds is 3. The van der Waals surface area contributed by atoms with Crippen molar-refractivity contribution in [3.8, 4) is 17.3 Å². The minimum atomic E-state index is 0.243. The zero-order valence-electron chi connectivity index (χ0n) is 10.2. The van der Waals surface area contributed by atoms with E-state index < -0.39 is 0 Å². The molecule has 2 aromatic rings. The van der Waals surface area contributed by atoms with Crippen LogP contribution in [0.3, 0.4) is 0 Å². The average Bonchev–Trinajstić information content (AvgIpc) is 2.87. The van der Waals surface area contributed by atoms with Crippen molar-refractivity contribution >= 4 is 22.8 Å². The van der Waals surface area contributed by atoms with Gasteiger partial charge in [0.2, 0.25) is 5.88 Å². The van der Waals surface area contributed by atoms with Gasteiger partial charge >= 0.3 is 6.01 Å². The Morgan fingerprint density at radius 2 is 2.22 bits per heavy atom. The summed E-state index contributed by atoms with van der Waals surface area (Å²) >= 11 is 1.52. The highest BCUT2D eigenvalue weighted by Crippen LogP contribution is 2.22. The smallest absolute Gasteiger partial charge is 0.343 e. The van der Waals surface area contributed by atoms with Crippen LogP contribution in [0.25, 0.3) is 11.5 Å². The number of thioether (sulfide) groups is 1. The summed E-state index contributed by atoms with van der Waals surface area (Å²) < 4.78 is 10.4. The Hall–Kier alpha value is -1.89. The third-order valence-electron chi connectivity index (χ3n) is 2.16. The summed E-state index contributed by atoms with van der Waals surface area (Å²) in [4.78, 5) is 8.22. The van der Waals surface area contributed by atoms with E-state index in [4.69, 9.17) is 9.15 Å². The predicted octanol–water partition coefficient (Wildman–Crippen LogP) is 2.55. The number of nitrogens with zero attached hydrogens (tertiary/aromatic N) is 4. The molecule has 0 aromatic carbocycles. The number of aliphatic imine (C=N–C) groups is 1. The first kappa shape index (κ1) is 12.6. The van der Waals surface area contributed by atoms with E-state index in [9.17, 15) is 0 Å². The predicted molar refractivity (Wildman–Crippen MR) is 70.4 cm³/mol. The average molecular weight is 264 g/mol. The Kier molecular flexibility index (Phi) is 3.93. The van der Waals surface area contributed by atoms with Gasteiger partial charge in [0.05, 0.1) is 17.7 Å². The fourth-order valence-electron chi connectivity index (χ4n) is 1.19. The lowest BCUT2D eigenvalue weighted by atomic mass is 10.3. The SMILES string of the molecule is COc1ccc(-c2nnc(N=C(C)SC)o2)cn1. The molecule has 0 aliphatic rings. The van der Waals surface area contributed by atoms with Crippen molar-refractivity contribution in [2.75, 3.05) is 13.4 Å². The highest BCUT2D eigenvalue weighted by atomic mass is 32.2. The molecule has 0 N–H and O–H groups in total. The first-order valence-electron chi connectivity index (χ1n) is 5.16. The van der Waals surface area contributed by atoms with Crippen LogP contribution in [0, 0.1) is 0 Å². The van der Waals surface area contributed by atoms with E-state index in [0.717, 1.165) is 10.6 Å². The van der Waals surface area contributed by atoms with Gasteiger partial charge < -0.3 is 9.15 Å². The van der Waals surface area contributed by atoms with Crippen LogP contribution in [0.4, 0.5) is 6.01 Å². The molecule has 0 aliphatic carbocycles. The fourth-order valence-corrected chi connectivity index (χ4v) is 1.35. The van der Waals surface area contributed by atoms with Crippen molar-refractivity contribution in [3.63, 3.8) is 0 Å². The van der Waals surface area contributed by atoms with E-state index in [1.807, 2.05) is 13.2 Å². The second kappa shape index (κ2) is 5.63. The first-order valence-corrected chi connectivity index (χ1v) is 6.38. The number of methoxy groups -OCH3 is 1. The van der Waals surface area contributed by atoms with Crippen molar-refractivity contribution in [2.24, 2.45) is 4.99 Å². The van der Waals surface area contributed by atoms with Crippen molar-refractivity contribution in [1.82, 2.24) is 15.2 Å². The maximum absolute atomic E-state index is 5.41. The summed E-state index contributed by atoms with van der Waals surface area (Å²) in [6.07, 6.45) is 3.55. The van der Waals surface area contributed by atoms with E-state index >= 15 is 0 Å². The lowest BCUT2D eigenvalue weighted by molar-refractivity contribution is 0.398. The van der Waals surface area contributed by atoms with Crippen LogP contribution < -0.4 is 4.74 Å². The van der Waals surface area contributed by atoms with Crippen LogP contribution in [0.2, 0.25) is 0 Å². The van der Waals surface area contributed by atoms with Crippen molar-refractivity contribution in [2.45, 2.75) is 6.92 Å². The Bertz CT molecular complexity index is 550. The van der Waals surface area contributed by atoms with Gasteiger partial charge in [-0.3, -0.25) is 0 Å². The van der Waals surface area contributed by atoms with Crippen LogP contribution in [0.1, 0.15) is 6.92 Å². The minimum absolute atomic E-state index is 0.243. The highest BCUT2D eigenvalue weighted by molar-refractivity contribution is 8.13. The molecule has 0 saturated heterocycles. The molecular weight excluding hydrogens is 252 g/mol. The quantitative estimate of drug-likeness (QED) is 0.626. The molecule has 0 saturated carbocycles. The number of hydrogen-bond donors (Lipinski definition) is 0. The maximum Gasteiger partial charge on any atom is 0.343 e. The van der Waals surface area contributed by atoms with Gasteiger partial charge in [-0.15, -0.1) is 16.9 Å². The van der Waals surface area contributed by atoms with Gasteiger partial charge in [-0.1, -0.05) is 5.10 Å². The molecule has 2 heterocycles. The summed E-state index contributed by atoms with van der Waals surface area (Å²) in [5, 5.41) is 8.62. The maximum atomic E-state index is 5.41. The molecule has 0 fully saturated rings. The standard InChI is InChI=1S/C11H12N4O2S/c1-7(18-3)13-11-15-14-10(17-11)8-4-5-9(16-2)12-6-8/h4-6H,1-3H3. The first-order chi connectivity index (χ1) is 8.72. The second-order valence-corrected chi connectivity index (χ2v) is 4.31. The third kappa shape index (κ3) is 2.86. The molecule has 0 bridgehead atoms. The molecule has 0 spiro atoms. The Balaban J connectivity index is 2.23. The molecule has 6 nitrogen and oxygen atoms in total. The zero-order valence-corrected chi connectivity index (χ0v) is 11.1. The van der Waals surface area contributed by atoms with Crippen LogP contribution in [0.15, 0.2) is 27.7 Å². The molecule has 0 amide bonds. The lowest BCUT2D eigenvalue weighted by Crippen LogP contribution is -1.87. The van der Waals surface area contributed by atoms with Crippen LogP contribution in [0.5, 0.6) is 5.88 Å². The van der Waals surface area contributed by atoms with Crippen molar-refractivity contribution < 1.29 is 9.15 Å². The molecular formula is C11H12N4O2S. The second-order valence-electron chi connectivity index (χ2n) is 3.31. The summed E-state index contributed by atoms with van der Waals surface area (Å²) in [5.74, 6) is 0.924. The molecule has 2 aromatic heterocycles. The van der Waals surface area contributed by atoms with Gasteiger partial charge in [0.25, 0.3) is 5.89 Å². The van der Waals surface area contributed by atoms with Gasteiger partial charge in [0.1, 0.15) is 0 Å². The summed E-state index contributed by atoms with van der Waals surface area (Å²) in [6.45, 7) is 1.88. The van der Waals surface area contributed by atoms with Gasteiger partial charge in [-0.25, -0.2) is 4.98 Å². The zero-order chi connectivity index (χ0) is 13.0. The summed E-state index contributed by atoms with van der Waals surface area (Å²) in [6, 6.07) is 3.77. The molecule has 2 rings (SSSR count). The van der Waals surface area contributed by atoms with Gasteiger partial charge in [-0.2, -0.15) is 4.99 Å². The number of ether oxygens (including phenoxy) is 1. The molecule has 94 valence electrons. The van der Waals surface area contributed by atoms with Gasteiger partial charge in [0.15, 0.2) is 0 Å². The van der Waals surface area contributed by atoms with Crippen LogP contribution >= 0.6 is 11.8 Å². The largest absolute Gasteiger partial charge is 0.481 e. The van der Waals surface area contributed by atoms with Crippen molar-refractivity contribution in [1.29, 1.82) is 0 Å². The Labute approximate surface area is 109 Å². The minimum Gasteiger partial charge on any atom is -0.481 e. The van der Waals surface area contributed by atoms with Crippen LogP contribution in [-0.4, -0.2) is 33.6 Å². The van der Waals surface area contributed by atoms with Crippen molar-refractivity contribution in [3.05, 3.63) is 18.3 Å². The Morgan fingerprint density at radius 1 is 1.39 bits per heavy atom. The normalized spacial score (nSPS) is 11.6. The van der Waals surface area contributed by atoms with Gasteiger partial charge in [-0.05, 0) is 19.2 Å². The number of hydrogen-bond acceptors (Lipinski definition) is 7. The topological polar surface area (TPSA) is 73.4 Å². The fraction of sp³-hybridized carbons (Fsp3) is 0.273. The van der Waals surface area contributed by atoms with Gasteiger partial charge in [0, 0.05) is 12.3 Å². The third-order valence-corrected chi connectivity index (χ3v) is 2.84. The van der Waals surface area contributed by atoms with E-state index in [2.05, 4.69) is 20.2 Å². The Morgan fingerprint density at radius 3 is 2.83 bits per heavy atom. The summed E-state index contributed by atoms with van der Waals surface area (Å²) in [5.41, 5.74) is 0.728. The monoisotopic (exact) mass is 264 g/mol. The van der Waals surface area contributed by atoms with Crippen LogP contribution in [-0.2, 0) is 0 Å².